The molecule has 1 aromatic rings. The Kier molecular flexibility index (Phi) is 3.77. The van der Waals surface area contributed by atoms with Gasteiger partial charge in [-0.15, -0.1) is 0 Å². The monoisotopic (exact) mass is 217 g/mol. The summed E-state index contributed by atoms with van der Waals surface area (Å²) < 4.78 is 6.74. The van der Waals surface area contributed by atoms with Crippen LogP contribution in [0, 0.1) is 6.92 Å². The number of hydrogen-bond acceptors (Lipinski definition) is 3. The van der Waals surface area contributed by atoms with Gasteiger partial charge in [0.15, 0.2) is 0 Å². The molecule has 4 nitrogen and oxygen atoms in total. The van der Waals surface area contributed by atoms with E-state index in [9.17, 15) is 0 Å². The zero-order valence-electron chi connectivity index (χ0n) is 8.75. The second-order valence-electron chi connectivity index (χ2n) is 3.36. The Morgan fingerprint density at radius 2 is 2.29 bits per heavy atom. The van der Waals surface area contributed by atoms with Gasteiger partial charge in [-0.25, -0.2) is 4.68 Å². The number of rotatable bonds is 4. The molecule has 0 spiro atoms. The number of nitrogens with two attached hydrogens (primary N) is 1. The Hall–Kier alpha value is -0.740. The first-order valence-electron chi connectivity index (χ1n) is 4.57. The van der Waals surface area contributed by atoms with Gasteiger partial charge in [0.1, 0.15) is 10.8 Å². The van der Waals surface area contributed by atoms with Crippen molar-refractivity contribution in [1.82, 2.24) is 9.78 Å². The molecule has 0 aliphatic heterocycles. The third kappa shape index (κ3) is 2.19. The SMILES string of the molecule is COCCC(C)n1nc(C)c(Cl)c1N. The van der Waals surface area contributed by atoms with Crippen molar-refractivity contribution in [2.75, 3.05) is 19.5 Å². The first-order valence-corrected chi connectivity index (χ1v) is 4.94. The van der Waals surface area contributed by atoms with E-state index >= 15 is 0 Å². The Labute approximate surface area is 89.0 Å². The number of anilines is 1. The van der Waals surface area contributed by atoms with E-state index in [1.807, 2.05) is 13.8 Å². The lowest BCUT2D eigenvalue weighted by Crippen LogP contribution is -2.12. The summed E-state index contributed by atoms with van der Waals surface area (Å²) in [5, 5.41) is 4.82. The van der Waals surface area contributed by atoms with E-state index in [-0.39, 0.29) is 6.04 Å². The van der Waals surface area contributed by atoms with Gasteiger partial charge in [0.25, 0.3) is 0 Å². The van der Waals surface area contributed by atoms with Crippen molar-refractivity contribution in [2.24, 2.45) is 0 Å². The van der Waals surface area contributed by atoms with Crippen molar-refractivity contribution < 1.29 is 4.74 Å². The van der Waals surface area contributed by atoms with Gasteiger partial charge in [-0.05, 0) is 20.3 Å². The molecule has 5 heteroatoms. The fourth-order valence-corrected chi connectivity index (χ4v) is 1.42. The van der Waals surface area contributed by atoms with Crippen LogP contribution in [0.5, 0.6) is 0 Å². The summed E-state index contributed by atoms with van der Waals surface area (Å²) in [7, 11) is 1.68. The third-order valence-corrected chi connectivity index (χ3v) is 2.67. The van der Waals surface area contributed by atoms with Gasteiger partial charge in [-0.1, -0.05) is 11.6 Å². The number of hydrogen-bond donors (Lipinski definition) is 1. The molecule has 1 atom stereocenters. The topological polar surface area (TPSA) is 53.1 Å². The third-order valence-electron chi connectivity index (χ3n) is 2.20. The second kappa shape index (κ2) is 4.66. The Morgan fingerprint density at radius 3 is 2.71 bits per heavy atom. The molecule has 0 radical (unpaired) electrons. The van der Waals surface area contributed by atoms with Crippen LogP contribution in [0.3, 0.4) is 0 Å². The number of methoxy groups -OCH3 is 1. The number of aryl methyl sites for hydroxylation is 1. The lowest BCUT2D eigenvalue weighted by molar-refractivity contribution is 0.179. The van der Waals surface area contributed by atoms with Crippen molar-refractivity contribution in [1.29, 1.82) is 0 Å². The zero-order chi connectivity index (χ0) is 10.7. The van der Waals surface area contributed by atoms with E-state index in [0.717, 1.165) is 12.1 Å². The summed E-state index contributed by atoms with van der Waals surface area (Å²) in [4.78, 5) is 0. The molecule has 1 rings (SSSR count). The molecule has 0 fully saturated rings. The highest BCUT2D eigenvalue weighted by Crippen LogP contribution is 2.26. The number of halogens is 1. The summed E-state index contributed by atoms with van der Waals surface area (Å²) in [5.41, 5.74) is 6.58. The molecule has 0 aliphatic rings. The lowest BCUT2D eigenvalue weighted by Gasteiger charge is -2.12. The van der Waals surface area contributed by atoms with E-state index in [4.69, 9.17) is 22.1 Å². The number of aromatic nitrogens is 2. The van der Waals surface area contributed by atoms with Crippen molar-refractivity contribution in [3.8, 4) is 0 Å². The van der Waals surface area contributed by atoms with Gasteiger partial charge in [-0.3, -0.25) is 0 Å². The maximum atomic E-state index is 5.94. The van der Waals surface area contributed by atoms with Crippen LogP contribution in [0.1, 0.15) is 25.1 Å². The molecule has 1 unspecified atom stereocenters. The minimum Gasteiger partial charge on any atom is -0.385 e. The van der Waals surface area contributed by atoms with Crippen molar-refractivity contribution in [2.45, 2.75) is 26.3 Å². The molecule has 1 aromatic heterocycles. The van der Waals surface area contributed by atoms with Crippen molar-refractivity contribution >= 4 is 17.4 Å². The van der Waals surface area contributed by atoms with E-state index in [1.165, 1.54) is 0 Å². The molecule has 0 aliphatic carbocycles. The maximum Gasteiger partial charge on any atom is 0.141 e. The van der Waals surface area contributed by atoms with Crippen molar-refractivity contribution in [3.63, 3.8) is 0 Å². The molecule has 0 saturated heterocycles. The normalized spacial score (nSPS) is 13.1. The summed E-state index contributed by atoms with van der Waals surface area (Å²) in [6.07, 6.45) is 0.873. The smallest absolute Gasteiger partial charge is 0.141 e. The molecule has 14 heavy (non-hydrogen) atoms. The molecule has 0 aromatic carbocycles. The highest BCUT2D eigenvalue weighted by atomic mass is 35.5. The van der Waals surface area contributed by atoms with Crippen LogP contribution < -0.4 is 5.73 Å². The van der Waals surface area contributed by atoms with E-state index < -0.39 is 0 Å². The molecular weight excluding hydrogens is 202 g/mol. The Balaban J connectivity index is 2.79. The Morgan fingerprint density at radius 1 is 1.64 bits per heavy atom. The standard InChI is InChI=1S/C9H16ClN3O/c1-6(4-5-14-3)13-9(11)8(10)7(2)12-13/h6H,4-5,11H2,1-3H3. The molecule has 2 N–H and O–H groups in total. The van der Waals surface area contributed by atoms with Gasteiger partial charge >= 0.3 is 0 Å². The zero-order valence-corrected chi connectivity index (χ0v) is 9.51. The summed E-state index contributed by atoms with van der Waals surface area (Å²) in [6, 6.07) is 0.209. The quantitative estimate of drug-likeness (QED) is 0.840. The van der Waals surface area contributed by atoms with Crippen LogP contribution in [0.2, 0.25) is 5.02 Å². The van der Waals surface area contributed by atoms with Crippen LogP contribution >= 0.6 is 11.6 Å². The average molecular weight is 218 g/mol. The molecule has 80 valence electrons. The Bertz CT molecular complexity index is 311. The van der Waals surface area contributed by atoms with Crippen LogP contribution in [-0.4, -0.2) is 23.5 Å². The molecule has 1 heterocycles. The summed E-state index contributed by atoms with van der Waals surface area (Å²) >= 11 is 5.94. The van der Waals surface area contributed by atoms with Crippen LogP contribution in [0.15, 0.2) is 0 Å². The van der Waals surface area contributed by atoms with E-state index in [2.05, 4.69) is 5.10 Å². The maximum absolute atomic E-state index is 5.94. The van der Waals surface area contributed by atoms with Gasteiger partial charge in [0.05, 0.1) is 11.7 Å². The number of nitrogens with zero attached hydrogens (tertiary/aromatic N) is 2. The molecule has 0 amide bonds. The number of ether oxygens (including phenoxy) is 1. The van der Waals surface area contributed by atoms with E-state index in [1.54, 1.807) is 11.8 Å². The minimum absolute atomic E-state index is 0.209. The van der Waals surface area contributed by atoms with Gasteiger partial charge in [0, 0.05) is 13.7 Å². The summed E-state index contributed by atoms with van der Waals surface area (Å²) in [5.74, 6) is 0.535. The number of nitrogen functional groups attached to an aromatic ring is 1. The minimum atomic E-state index is 0.209. The lowest BCUT2D eigenvalue weighted by atomic mass is 10.2. The van der Waals surface area contributed by atoms with E-state index in [0.29, 0.717) is 17.4 Å². The predicted molar refractivity (Wildman–Crippen MR) is 57.6 cm³/mol. The fraction of sp³-hybridized carbons (Fsp3) is 0.667. The fourth-order valence-electron chi connectivity index (χ4n) is 1.29. The van der Waals surface area contributed by atoms with Gasteiger partial charge in [-0.2, -0.15) is 5.10 Å². The molecule has 0 bridgehead atoms. The largest absolute Gasteiger partial charge is 0.385 e. The highest BCUT2D eigenvalue weighted by Gasteiger charge is 2.14. The first-order chi connectivity index (χ1) is 6.57. The highest BCUT2D eigenvalue weighted by molar-refractivity contribution is 6.33. The predicted octanol–water partition coefficient (Wildman–Crippen LogP) is 2.02. The van der Waals surface area contributed by atoms with Crippen LogP contribution in [-0.2, 0) is 4.74 Å². The first kappa shape index (κ1) is 11.3. The van der Waals surface area contributed by atoms with Gasteiger partial charge in [0.2, 0.25) is 0 Å². The molecule has 0 saturated carbocycles. The van der Waals surface area contributed by atoms with Crippen molar-refractivity contribution in [3.05, 3.63) is 10.7 Å². The second-order valence-corrected chi connectivity index (χ2v) is 3.74. The summed E-state index contributed by atoms with van der Waals surface area (Å²) in [6.45, 7) is 4.58. The van der Waals surface area contributed by atoms with Crippen LogP contribution in [0.25, 0.3) is 0 Å². The average Bonchev–Trinajstić information content (AvgIpc) is 2.42. The van der Waals surface area contributed by atoms with Crippen LogP contribution in [0.4, 0.5) is 5.82 Å². The van der Waals surface area contributed by atoms with Gasteiger partial charge < -0.3 is 10.5 Å². The molecular formula is C9H16ClN3O.